The highest BCUT2D eigenvalue weighted by Gasteiger charge is 2.14. The van der Waals surface area contributed by atoms with Gasteiger partial charge >= 0.3 is 5.97 Å². The van der Waals surface area contributed by atoms with Crippen molar-refractivity contribution < 1.29 is 14.6 Å². The summed E-state index contributed by atoms with van der Waals surface area (Å²) in [7, 11) is 0. The first kappa shape index (κ1) is 13.8. The number of hydrogen-bond donors (Lipinski definition) is 1. The fourth-order valence-electron chi connectivity index (χ4n) is 1.50. The fourth-order valence-corrected chi connectivity index (χ4v) is 2.12. The zero-order valence-electron chi connectivity index (χ0n) is 9.85. The van der Waals surface area contributed by atoms with E-state index in [1.165, 1.54) is 12.1 Å². The zero-order chi connectivity index (χ0) is 14.0. The third kappa shape index (κ3) is 3.24. The number of carbonyl (C=O) groups is 1. The number of halogens is 2. The average Bonchev–Trinajstić information content (AvgIpc) is 2.34. The summed E-state index contributed by atoms with van der Waals surface area (Å²) in [6.45, 7) is 1.82. The first-order valence-electron chi connectivity index (χ1n) is 5.30. The Kier molecular flexibility index (Phi) is 4.07. The topological polar surface area (TPSA) is 59.4 Å². The molecule has 1 heterocycles. The molecule has 1 aromatic carbocycles. The molecule has 2 rings (SSSR count). The van der Waals surface area contributed by atoms with Crippen LogP contribution in [-0.4, -0.2) is 16.1 Å². The van der Waals surface area contributed by atoms with Crippen LogP contribution in [0.5, 0.6) is 11.6 Å². The van der Waals surface area contributed by atoms with E-state index in [2.05, 4.69) is 20.9 Å². The van der Waals surface area contributed by atoms with Crippen molar-refractivity contribution in [3.05, 3.63) is 51.1 Å². The van der Waals surface area contributed by atoms with Gasteiger partial charge in [0.15, 0.2) is 0 Å². The fraction of sp³-hybridized carbons (Fsp3) is 0.0769. The maximum atomic E-state index is 11.1. The van der Waals surface area contributed by atoms with Crippen molar-refractivity contribution >= 4 is 33.5 Å². The molecule has 0 atom stereocenters. The number of aryl methyl sites for hydroxylation is 1. The van der Waals surface area contributed by atoms with Crippen LogP contribution in [0.1, 0.15) is 15.9 Å². The summed E-state index contributed by atoms with van der Waals surface area (Å²) in [4.78, 5) is 15.2. The third-order valence-electron chi connectivity index (χ3n) is 2.38. The van der Waals surface area contributed by atoms with Gasteiger partial charge in [-0.05, 0) is 47.1 Å². The number of carboxylic acids is 1. The van der Waals surface area contributed by atoms with Gasteiger partial charge in [0.05, 0.1) is 0 Å². The maximum absolute atomic E-state index is 11.1. The monoisotopic (exact) mass is 341 g/mol. The van der Waals surface area contributed by atoms with E-state index < -0.39 is 5.97 Å². The molecule has 0 aliphatic rings. The number of benzene rings is 1. The van der Waals surface area contributed by atoms with Gasteiger partial charge in [-0.25, -0.2) is 9.78 Å². The lowest BCUT2D eigenvalue weighted by Crippen LogP contribution is -2.01. The molecule has 1 N–H and O–H groups in total. The smallest absolute Gasteiger partial charge is 0.339 e. The van der Waals surface area contributed by atoms with Crippen LogP contribution in [0.25, 0.3) is 0 Å². The molecule has 1 aromatic heterocycles. The van der Waals surface area contributed by atoms with Crippen LogP contribution in [0.2, 0.25) is 5.02 Å². The van der Waals surface area contributed by atoms with Crippen LogP contribution in [0.4, 0.5) is 0 Å². The highest BCUT2D eigenvalue weighted by Crippen LogP contribution is 2.29. The SMILES string of the molecule is Cc1cc(Br)cnc1Oc1ccc(Cl)cc1C(=O)O. The van der Waals surface area contributed by atoms with Gasteiger partial charge in [-0.15, -0.1) is 0 Å². The average molecular weight is 343 g/mol. The van der Waals surface area contributed by atoms with Crippen molar-refractivity contribution in [2.24, 2.45) is 0 Å². The number of ether oxygens (including phenoxy) is 1. The molecule has 0 amide bonds. The van der Waals surface area contributed by atoms with Gasteiger partial charge in [-0.1, -0.05) is 11.6 Å². The molecule has 19 heavy (non-hydrogen) atoms. The Morgan fingerprint density at radius 3 is 2.79 bits per heavy atom. The van der Waals surface area contributed by atoms with Crippen LogP contribution in [0.3, 0.4) is 0 Å². The van der Waals surface area contributed by atoms with Crippen molar-refractivity contribution in [3.8, 4) is 11.6 Å². The standard InChI is InChI=1S/C13H9BrClNO3/c1-7-4-8(14)6-16-12(7)19-11-3-2-9(15)5-10(11)13(17)18/h2-6H,1H3,(H,17,18). The molecule has 6 heteroatoms. The zero-order valence-corrected chi connectivity index (χ0v) is 12.2. The molecular weight excluding hydrogens is 334 g/mol. The van der Waals surface area contributed by atoms with E-state index in [0.717, 1.165) is 10.0 Å². The number of rotatable bonds is 3. The molecular formula is C13H9BrClNO3. The third-order valence-corrected chi connectivity index (χ3v) is 3.04. The Bertz CT molecular complexity index is 646. The molecule has 0 aliphatic heterocycles. The van der Waals surface area contributed by atoms with Crippen LogP contribution < -0.4 is 4.74 Å². The molecule has 0 saturated carbocycles. The highest BCUT2D eigenvalue weighted by atomic mass is 79.9. The number of pyridine rings is 1. The van der Waals surface area contributed by atoms with E-state index in [9.17, 15) is 4.79 Å². The van der Waals surface area contributed by atoms with Crippen molar-refractivity contribution in [2.75, 3.05) is 0 Å². The van der Waals surface area contributed by atoms with Gasteiger partial charge in [0, 0.05) is 21.3 Å². The molecule has 0 radical (unpaired) electrons. The van der Waals surface area contributed by atoms with Gasteiger partial charge in [0.2, 0.25) is 5.88 Å². The number of nitrogens with zero attached hydrogens (tertiary/aromatic N) is 1. The number of carboxylic acid groups (broad SMARTS) is 1. The van der Waals surface area contributed by atoms with Crippen molar-refractivity contribution in [1.29, 1.82) is 0 Å². The summed E-state index contributed by atoms with van der Waals surface area (Å²) < 4.78 is 6.37. The minimum Gasteiger partial charge on any atom is -0.478 e. The van der Waals surface area contributed by atoms with Gasteiger partial charge in [-0.2, -0.15) is 0 Å². The van der Waals surface area contributed by atoms with Crippen LogP contribution >= 0.6 is 27.5 Å². The molecule has 0 unspecified atom stereocenters. The number of aromatic nitrogens is 1. The Balaban J connectivity index is 2.40. The molecule has 0 bridgehead atoms. The Hall–Kier alpha value is -1.59. The first-order chi connectivity index (χ1) is 8.97. The van der Waals surface area contributed by atoms with E-state index in [1.54, 1.807) is 12.3 Å². The second kappa shape index (κ2) is 5.59. The predicted molar refractivity (Wildman–Crippen MR) is 75.2 cm³/mol. The Morgan fingerprint density at radius 2 is 2.16 bits per heavy atom. The van der Waals surface area contributed by atoms with E-state index in [4.69, 9.17) is 21.4 Å². The molecule has 4 nitrogen and oxygen atoms in total. The van der Waals surface area contributed by atoms with Crippen LogP contribution in [-0.2, 0) is 0 Å². The normalized spacial score (nSPS) is 10.3. The maximum Gasteiger partial charge on any atom is 0.339 e. The highest BCUT2D eigenvalue weighted by molar-refractivity contribution is 9.10. The van der Waals surface area contributed by atoms with E-state index >= 15 is 0 Å². The molecule has 0 spiro atoms. The lowest BCUT2D eigenvalue weighted by molar-refractivity contribution is 0.0694. The summed E-state index contributed by atoms with van der Waals surface area (Å²) in [6.07, 6.45) is 1.58. The number of hydrogen-bond acceptors (Lipinski definition) is 3. The summed E-state index contributed by atoms with van der Waals surface area (Å²) in [5.74, 6) is -0.546. The largest absolute Gasteiger partial charge is 0.478 e. The molecule has 0 aliphatic carbocycles. The van der Waals surface area contributed by atoms with Crippen LogP contribution in [0.15, 0.2) is 34.9 Å². The summed E-state index contributed by atoms with van der Waals surface area (Å²) >= 11 is 9.07. The van der Waals surface area contributed by atoms with E-state index in [0.29, 0.717) is 10.9 Å². The number of aromatic carboxylic acids is 1. The Labute approximate surface area is 123 Å². The quantitative estimate of drug-likeness (QED) is 0.903. The lowest BCUT2D eigenvalue weighted by atomic mass is 10.2. The second-order valence-electron chi connectivity index (χ2n) is 3.82. The van der Waals surface area contributed by atoms with Crippen LogP contribution in [0, 0.1) is 6.92 Å². The summed E-state index contributed by atoms with van der Waals surface area (Å²) in [6, 6.07) is 6.25. The minimum absolute atomic E-state index is 0.00313. The molecule has 0 fully saturated rings. The predicted octanol–water partition coefficient (Wildman–Crippen LogP) is 4.30. The summed E-state index contributed by atoms with van der Waals surface area (Å²) in [5.41, 5.74) is 0.789. The van der Waals surface area contributed by atoms with E-state index in [1.807, 2.05) is 13.0 Å². The van der Waals surface area contributed by atoms with E-state index in [-0.39, 0.29) is 11.3 Å². The van der Waals surface area contributed by atoms with Crippen molar-refractivity contribution in [3.63, 3.8) is 0 Å². The first-order valence-corrected chi connectivity index (χ1v) is 6.47. The van der Waals surface area contributed by atoms with Gasteiger partial charge in [-0.3, -0.25) is 0 Å². The van der Waals surface area contributed by atoms with Crippen molar-refractivity contribution in [2.45, 2.75) is 6.92 Å². The van der Waals surface area contributed by atoms with Gasteiger partial charge in [0.25, 0.3) is 0 Å². The molecule has 0 saturated heterocycles. The van der Waals surface area contributed by atoms with Gasteiger partial charge < -0.3 is 9.84 Å². The lowest BCUT2D eigenvalue weighted by Gasteiger charge is -2.10. The molecule has 98 valence electrons. The molecule has 2 aromatic rings. The Morgan fingerprint density at radius 1 is 1.42 bits per heavy atom. The van der Waals surface area contributed by atoms with Crippen molar-refractivity contribution in [1.82, 2.24) is 4.98 Å². The minimum atomic E-state index is -1.10. The second-order valence-corrected chi connectivity index (χ2v) is 5.18. The summed E-state index contributed by atoms with van der Waals surface area (Å²) in [5, 5.41) is 9.45. The van der Waals surface area contributed by atoms with Gasteiger partial charge in [0.1, 0.15) is 11.3 Å².